The van der Waals surface area contributed by atoms with Crippen LogP contribution in [0.25, 0.3) is 0 Å². The van der Waals surface area contributed by atoms with Gasteiger partial charge in [-0.3, -0.25) is 9.89 Å². The molecule has 2 N–H and O–H groups in total. The van der Waals surface area contributed by atoms with Crippen molar-refractivity contribution in [3.8, 4) is 0 Å². The fraction of sp³-hybridized carbons (Fsp3) is 0.462. The molecule has 36 heavy (non-hydrogen) atoms. The number of likely N-dealkylation sites (N-methyl/N-ethyl adjacent to an activating group) is 1. The Kier molecular flexibility index (Phi) is 7.38. The van der Waals surface area contributed by atoms with Crippen molar-refractivity contribution in [2.24, 2.45) is 5.92 Å². The monoisotopic (exact) mass is 508 g/mol. The summed E-state index contributed by atoms with van der Waals surface area (Å²) in [4.78, 5) is 29.5. The van der Waals surface area contributed by atoms with Crippen molar-refractivity contribution >= 4 is 35.0 Å². The van der Waals surface area contributed by atoms with Gasteiger partial charge in [-0.05, 0) is 50.9 Å². The molecule has 3 aromatic rings. The van der Waals surface area contributed by atoms with E-state index < -0.39 is 0 Å². The molecule has 0 unspecified atom stereocenters. The zero-order valence-electron chi connectivity index (χ0n) is 20.9. The second kappa shape index (κ2) is 10.8. The molecule has 2 fully saturated rings. The average Bonchev–Trinajstić information content (AvgIpc) is 3.28. The summed E-state index contributed by atoms with van der Waals surface area (Å²) in [5, 5.41) is 11.2. The SMILES string of the molecule is Cc1cc(Nc2cc(N3CCN(C)CC3)nc(C[C@H]3CCCN(C(=O)c4cccc(Cl)c4)C3)n2)n[nH]1. The second-order valence-corrected chi connectivity index (χ2v) is 10.3. The fourth-order valence-electron chi connectivity index (χ4n) is 4.93. The molecule has 9 nitrogen and oxygen atoms in total. The standard InChI is InChI=1S/C26H33ClN8O/c1-18-13-24(32-31-18)29-23-16-25(34-11-9-33(2)10-12-34)30-22(28-23)14-19-5-4-8-35(17-19)26(36)20-6-3-7-21(27)15-20/h3,6-7,13,15-16,19H,4-5,8-12,14,17H2,1-2H3,(H2,28,29,30,31,32)/t19-/m1/s1. The maximum Gasteiger partial charge on any atom is 0.253 e. The number of aromatic amines is 1. The second-order valence-electron chi connectivity index (χ2n) is 9.85. The van der Waals surface area contributed by atoms with E-state index in [1.165, 1.54) is 0 Å². The Morgan fingerprint density at radius 3 is 2.69 bits per heavy atom. The molecule has 2 saturated heterocycles. The molecule has 0 saturated carbocycles. The highest BCUT2D eigenvalue weighted by Crippen LogP contribution is 2.25. The number of hydrogen-bond donors (Lipinski definition) is 2. The molecular weight excluding hydrogens is 476 g/mol. The van der Waals surface area contributed by atoms with Crippen LogP contribution in [-0.4, -0.2) is 82.2 Å². The molecular formula is C26H33ClN8O. The number of amides is 1. The first-order valence-corrected chi connectivity index (χ1v) is 13.0. The van der Waals surface area contributed by atoms with Crippen LogP contribution >= 0.6 is 11.6 Å². The van der Waals surface area contributed by atoms with Gasteiger partial charge in [-0.25, -0.2) is 9.97 Å². The van der Waals surface area contributed by atoms with E-state index in [0.717, 1.165) is 81.0 Å². The van der Waals surface area contributed by atoms with E-state index >= 15 is 0 Å². The van der Waals surface area contributed by atoms with Crippen molar-refractivity contribution in [2.75, 3.05) is 56.5 Å². The van der Waals surface area contributed by atoms with Crippen LogP contribution in [0.15, 0.2) is 36.4 Å². The predicted octanol–water partition coefficient (Wildman–Crippen LogP) is 3.75. The van der Waals surface area contributed by atoms with Gasteiger partial charge in [0.15, 0.2) is 5.82 Å². The number of carbonyl (C=O) groups is 1. The molecule has 2 aliphatic heterocycles. The van der Waals surface area contributed by atoms with Crippen LogP contribution in [0.4, 0.5) is 17.5 Å². The summed E-state index contributed by atoms with van der Waals surface area (Å²) in [7, 11) is 2.15. The predicted molar refractivity (Wildman–Crippen MR) is 142 cm³/mol. The minimum absolute atomic E-state index is 0.0329. The van der Waals surface area contributed by atoms with Crippen molar-refractivity contribution in [2.45, 2.75) is 26.2 Å². The number of carbonyl (C=O) groups excluding carboxylic acids is 1. The number of likely N-dealkylation sites (tertiary alicyclic amines) is 1. The van der Waals surface area contributed by atoms with Crippen LogP contribution in [0.1, 0.15) is 34.7 Å². The molecule has 0 radical (unpaired) electrons. The molecule has 10 heteroatoms. The van der Waals surface area contributed by atoms with Crippen LogP contribution in [0.2, 0.25) is 5.02 Å². The first-order valence-electron chi connectivity index (χ1n) is 12.6. The fourth-order valence-corrected chi connectivity index (χ4v) is 5.12. The third-order valence-corrected chi connectivity index (χ3v) is 7.13. The Balaban J connectivity index is 1.34. The van der Waals surface area contributed by atoms with Crippen molar-refractivity contribution in [3.05, 3.63) is 58.5 Å². The molecule has 2 aliphatic rings. The lowest BCUT2D eigenvalue weighted by atomic mass is 9.94. The highest BCUT2D eigenvalue weighted by molar-refractivity contribution is 6.30. The van der Waals surface area contributed by atoms with Gasteiger partial charge in [0.1, 0.15) is 17.5 Å². The van der Waals surface area contributed by atoms with Gasteiger partial charge >= 0.3 is 0 Å². The Morgan fingerprint density at radius 1 is 1.11 bits per heavy atom. The maximum absolute atomic E-state index is 13.1. The molecule has 5 rings (SSSR count). The third-order valence-electron chi connectivity index (χ3n) is 6.90. The number of nitrogens with zero attached hydrogens (tertiary/aromatic N) is 6. The van der Waals surface area contributed by atoms with Crippen molar-refractivity contribution in [1.29, 1.82) is 0 Å². The van der Waals surface area contributed by atoms with Gasteiger partial charge in [0.25, 0.3) is 5.91 Å². The summed E-state index contributed by atoms with van der Waals surface area (Å²) >= 11 is 6.12. The normalized spacial score (nSPS) is 18.9. The van der Waals surface area contributed by atoms with Gasteiger partial charge < -0.3 is 20.0 Å². The lowest BCUT2D eigenvalue weighted by Gasteiger charge is -2.34. The molecule has 0 spiro atoms. The molecule has 0 aliphatic carbocycles. The average molecular weight is 509 g/mol. The molecule has 1 atom stereocenters. The number of piperidine rings is 1. The number of rotatable bonds is 6. The van der Waals surface area contributed by atoms with E-state index in [9.17, 15) is 4.79 Å². The largest absolute Gasteiger partial charge is 0.354 e. The molecule has 0 bridgehead atoms. The number of aromatic nitrogens is 4. The van der Waals surface area contributed by atoms with Crippen LogP contribution in [0, 0.1) is 12.8 Å². The summed E-state index contributed by atoms with van der Waals surface area (Å²) in [6.45, 7) is 7.29. The van der Waals surface area contributed by atoms with Crippen LogP contribution in [0.5, 0.6) is 0 Å². The van der Waals surface area contributed by atoms with E-state index in [1.807, 2.05) is 36.1 Å². The van der Waals surface area contributed by atoms with Crippen molar-refractivity contribution in [3.63, 3.8) is 0 Å². The van der Waals surface area contributed by atoms with Crippen LogP contribution in [-0.2, 0) is 6.42 Å². The van der Waals surface area contributed by atoms with E-state index in [0.29, 0.717) is 23.0 Å². The molecule has 190 valence electrons. The quantitative estimate of drug-likeness (QED) is 0.523. The summed E-state index contributed by atoms with van der Waals surface area (Å²) in [5.41, 5.74) is 1.62. The van der Waals surface area contributed by atoms with Crippen molar-refractivity contribution < 1.29 is 4.79 Å². The summed E-state index contributed by atoms with van der Waals surface area (Å²) in [6, 6.07) is 11.1. The Bertz CT molecular complexity index is 1210. The first kappa shape index (κ1) is 24.5. The van der Waals surface area contributed by atoms with E-state index in [4.69, 9.17) is 21.6 Å². The highest BCUT2D eigenvalue weighted by Gasteiger charge is 2.26. The summed E-state index contributed by atoms with van der Waals surface area (Å²) in [5.74, 6) is 3.53. The van der Waals surface area contributed by atoms with E-state index in [1.54, 1.807) is 12.1 Å². The Morgan fingerprint density at radius 2 is 1.94 bits per heavy atom. The van der Waals surface area contributed by atoms with Gasteiger partial charge in [0.05, 0.1) is 0 Å². The molecule has 4 heterocycles. The van der Waals surface area contributed by atoms with Gasteiger partial charge in [0, 0.05) is 74.1 Å². The number of halogens is 1. The van der Waals surface area contributed by atoms with E-state index in [-0.39, 0.29) is 5.91 Å². The topological polar surface area (TPSA) is 93.3 Å². The number of aryl methyl sites for hydroxylation is 1. The minimum atomic E-state index is 0.0329. The molecule has 1 aromatic carbocycles. The van der Waals surface area contributed by atoms with E-state index in [2.05, 4.69) is 32.4 Å². The lowest BCUT2D eigenvalue weighted by molar-refractivity contribution is 0.0672. The van der Waals surface area contributed by atoms with Gasteiger partial charge in [0.2, 0.25) is 0 Å². The number of H-pyrrole nitrogens is 1. The summed E-state index contributed by atoms with van der Waals surface area (Å²) < 4.78 is 0. The lowest BCUT2D eigenvalue weighted by Crippen LogP contribution is -2.45. The van der Waals surface area contributed by atoms with Crippen LogP contribution in [0.3, 0.4) is 0 Å². The molecule has 2 aromatic heterocycles. The number of benzene rings is 1. The number of nitrogens with one attached hydrogen (secondary N) is 2. The Hall–Kier alpha value is -3.17. The van der Waals surface area contributed by atoms with Gasteiger partial charge in [-0.15, -0.1) is 0 Å². The minimum Gasteiger partial charge on any atom is -0.354 e. The molecule has 1 amide bonds. The smallest absolute Gasteiger partial charge is 0.253 e. The number of hydrogen-bond acceptors (Lipinski definition) is 7. The zero-order chi connectivity index (χ0) is 25.1. The third kappa shape index (κ3) is 5.96. The van der Waals surface area contributed by atoms with Crippen molar-refractivity contribution in [1.82, 2.24) is 30.0 Å². The Labute approximate surface area is 216 Å². The van der Waals surface area contributed by atoms with Crippen LogP contribution < -0.4 is 10.2 Å². The van der Waals surface area contributed by atoms with Gasteiger partial charge in [-0.2, -0.15) is 5.10 Å². The van der Waals surface area contributed by atoms with Gasteiger partial charge in [-0.1, -0.05) is 17.7 Å². The first-order chi connectivity index (χ1) is 17.4. The summed E-state index contributed by atoms with van der Waals surface area (Å²) in [6.07, 6.45) is 2.73. The maximum atomic E-state index is 13.1. The highest BCUT2D eigenvalue weighted by atomic mass is 35.5. The number of piperazine rings is 1. The number of anilines is 3. The zero-order valence-corrected chi connectivity index (χ0v) is 21.6.